The van der Waals surface area contributed by atoms with E-state index in [0.717, 1.165) is 11.3 Å². The first-order valence-electron chi connectivity index (χ1n) is 8.07. The maximum absolute atomic E-state index is 12.7. The van der Waals surface area contributed by atoms with Gasteiger partial charge < -0.3 is 9.47 Å². The molecule has 1 heterocycles. The van der Waals surface area contributed by atoms with Gasteiger partial charge in [0.25, 0.3) is 0 Å². The van der Waals surface area contributed by atoms with Gasteiger partial charge in [-0.05, 0) is 48.0 Å². The molecule has 0 saturated carbocycles. The Morgan fingerprint density at radius 1 is 0.923 bits per heavy atom. The Bertz CT molecular complexity index is 906. The lowest BCUT2D eigenvalue weighted by Crippen LogP contribution is -2.04. The summed E-state index contributed by atoms with van der Waals surface area (Å²) in [6.07, 6.45) is 2.28. The molecule has 0 unspecified atom stereocenters. The lowest BCUT2D eigenvalue weighted by molar-refractivity contribution is 0.103. The standard InChI is InChI=1S/C21H18ClNO3/c1-25-19-10-6-15(12-20(19)26-2)21(24)16-5-9-18(23-13-16)11-14-3-7-17(22)8-4-14/h3-10,12-13H,11H2,1-2H3. The summed E-state index contributed by atoms with van der Waals surface area (Å²) in [5, 5.41) is 0.706. The second-order valence-corrected chi connectivity index (χ2v) is 6.18. The quantitative estimate of drug-likeness (QED) is 0.598. The number of carbonyl (C=O) groups is 1. The average Bonchev–Trinajstić information content (AvgIpc) is 2.69. The number of benzene rings is 2. The molecular formula is C21H18ClNO3. The molecule has 1 aromatic heterocycles. The predicted molar refractivity (Wildman–Crippen MR) is 101 cm³/mol. The van der Waals surface area contributed by atoms with E-state index >= 15 is 0 Å². The fourth-order valence-electron chi connectivity index (χ4n) is 2.62. The Hall–Kier alpha value is -2.85. The maximum Gasteiger partial charge on any atom is 0.194 e. The van der Waals surface area contributed by atoms with Crippen LogP contribution in [0.15, 0.2) is 60.8 Å². The number of hydrogen-bond acceptors (Lipinski definition) is 4. The van der Waals surface area contributed by atoms with E-state index in [1.54, 1.807) is 44.7 Å². The Morgan fingerprint density at radius 3 is 2.23 bits per heavy atom. The highest BCUT2D eigenvalue weighted by Gasteiger charge is 2.13. The molecule has 26 heavy (non-hydrogen) atoms. The van der Waals surface area contributed by atoms with Crippen LogP contribution in [-0.4, -0.2) is 25.0 Å². The Balaban J connectivity index is 1.77. The number of aromatic nitrogens is 1. The van der Waals surface area contributed by atoms with E-state index in [-0.39, 0.29) is 5.78 Å². The molecule has 0 fully saturated rings. The van der Waals surface area contributed by atoms with Crippen LogP contribution in [-0.2, 0) is 6.42 Å². The zero-order valence-electron chi connectivity index (χ0n) is 14.5. The van der Waals surface area contributed by atoms with E-state index in [2.05, 4.69) is 4.98 Å². The van der Waals surface area contributed by atoms with Gasteiger partial charge in [0.15, 0.2) is 17.3 Å². The second-order valence-electron chi connectivity index (χ2n) is 5.74. The number of ketones is 1. The molecule has 2 aromatic carbocycles. The minimum Gasteiger partial charge on any atom is -0.493 e. The zero-order valence-corrected chi connectivity index (χ0v) is 15.3. The van der Waals surface area contributed by atoms with Crippen molar-refractivity contribution in [3.8, 4) is 11.5 Å². The normalized spacial score (nSPS) is 10.4. The van der Waals surface area contributed by atoms with Gasteiger partial charge in [-0.25, -0.2) is 0 Å². The molecule has 3 aromatic rings. The van der Waals surface area contributed by atoms with Gasteiger partial charge in [0, 0.05) is 34.5 Å². The number of carbonyl (C=O) groups excluding carboxylic acids is 1. The molecule has 0 radical (unpaired) electrons. The number of hydrogen-bond donors (Lipinski definition) is 0. The molecule has 0 amide bonds. The first kappa shape index (κ1) is 18.0. The SMILES string of the molecule is COc1ccc(C(=O)c2ccc(Cc3ccc(Cl)cc3)nc2)cc1OC. The molecule has 0 atom stereocenters. The molecule has 0 saturated heterocycles. The highest BCUT2D eigenvalue weighted by atomic mass is 35.5. The Labute approximate surface area is 157 Å². The third kappa shape index (κ3) is 4.03. The van der Waals surface area contributed by atoms with E-state index in [0.29, 0.717) is 34.1 Å². The van der Waals surface area contributed by atoms with Gasteiger partial charge in [-0.3, -0.25) is 9.78 Å². The summed E-state index contributed by atoms with van der Waals surface area (Å²) < 4.78 is 10.5. The summed E-state index contributed by atoms with van der Waals surface area (Å²) in [7, 11) is 3.10. The van der Waals surface area contributed by atoms with Crippen molar-refractivity contribution < 1.29 is 14.3 Å². The second kappa shape index (κ2) is 8.02. The number of methoxy groups -OCH3 is 2. The summed E-state index contributed by atoms with van der Waals surface area (Å²) >= 11 is 5.90. The van der Waals surface area contributed by atoms with Crippen molar-refractivity contribution in [1.82, 2.24) is 4.98 Å². The molecule has 0 N–H and O–H groups in total. The van der Waals surface area contributed by atoms with Crippen molar-refractivity contribution in [3.05, 3.63) is 88.2 Å². The summed E-state index contributed by atoms with van der Waals surface area (Å²) in [6.45, 7) is 0. The van der Waals surface area contributed by atoms with E-state index in [1.165, 1.54) is 0 Å². The largest absolute Gasteiger partial charge is 0.493 e. The molecule has 0 spiro atoms. The van der Waals surface area contributed by atoms with Crippen LogP contribution in [0.2, 0.25) is 5.02 Å². The molecule has 0 aliphatic rings. The van der Waals surface area contributed by atoms with E-state index < -0.39 is 0 Å². The maximum atomic E-state index is 12.7. The molecule has 132 valence electrons. The monoisotopic (exact) mass is 367 g/mol. The highest BCUT2D eigenvalue weighted by molar-refractivity contribution is 6.30. The Morgan fingerprint density at radius 2 is 1.62 bits per heavy atom. The van der Waals surface area contributed by atoms with Crippen molar-refractivity contribution in [2.75, 3.05) is 14.2 Å². The van der Waals surface area contributed by atoms with E-state index in [4.69, 9.17) is 21.1 Å². The van der Waals surface area contributed by atoms with Crippen molar-refractivity contribution in [2.45, 2.75) is 6.42 Å². The number of rotatable bonds is 6. The minimum absolute atomic E-state index is 0.114. The van der Waals surface area contributed by atoms with Crippen molar-refractivity contribution in [1.29, 1.82) is 0 Å². The van der Waals surface area contributed by atoms with Gasteiger partial charge in [0.1, 0.15) is 0 Å². The first-order valence-corrected chi connectivity index (χ1v) is 8.44. The summed E-state index contributed by atoms with van der Waals surface area (Å²) in [5.74, 6) is 0.989. The van der Waals surface area contributed by atoms with Crippen molar-refractivity contribution in [3.63, 3.8) is 0 Å². The van der Waals surface area contributed by atoms with Crippen LogP contribution >= 0.6 is 11.6 Å². The number of ether oxygens (including phenoxy) is 2. The van der Waals surface area contributed by atoms with Crippen LogP contribution in [0.1, 0.15) is 27.2 Å². The van der Waals surface area contributed by atoms with Gasteiger partial charge in [-0.1, -0.05) is 23.7 Å². The number of nitrogens with zero attached hydrogens (tertiary/aromatic N) is 1. The summed E-state index contributed by atoms with van der Waals surface area (Å²) in [4.78, 5) is 17.1. The molecule has 0 bridgehead atoms. The molecule has 0 aliphatic heterocycles. The van der Waals surface area contributed by atoms with Gasteiger partial charge in [-0.2, -0.15) is 0 Å². The first-order chi connectivity index (χ1) is 12.6. The van der Waals surface area contributed by atoms with Gasteiger partial charge >= 0.3 is 0 Å². The molecule has 4 nitrogen and oxygen atoms in total. The van der Waals surface area contributed by atoms with Crippen LogP contribution in [0.3, 0.4) is 0 Å². The van der Waals surface area contributed by atoms with Crippen LogP contribution in [0.25, 0.3) is 0 Å². The molecule has 0 aliphatic carbocycles. The van der Waals surface area contributed by atoms with E-state index in [1.807, 2.05) is 30.3 Å². The van der Waals surface area contributed by atoms with Crippen LogP contribution in [0.5, 0.6) is 11.5 Å². The van der Waals surface area contributed by atoms with E-state index in [9.17, 15) is 4.79 Å². The molecule has 3 rings (SSSR count). The van der Waals surface area contributed by atoms with Crippen LogP contribution in [0.4, 0.5) is 0 Å². The predicted octanol–water partition coefficient (Wildman–Crippen LogP) is 4.57. The van der Waals surface area contributed by atoms with Crippen molar-refractivity contribution >= 4 is 17.4 Å². The van der Waals surface area contributed by atoms with Crippen LogP contribution < -0.4 is 9.47 Å². The van der Waals surface area contributed by atoms with Gasteiger partial charge in [0.2, 0.25) is 0 Å². The number of pyridine rings is 1. The molecule has 5 heteroatoms. The van der Waals surface area contributed by atoms with Crippen LogP contribution in [0, 0.1) is 0 Å². The summed E-state index contributed by atoms with van der Waals surface area (Å²) in [5.41, 5.74) is 3.05. The summed E-state index contributed by atoms with van der Waals surface area (Å²) in [6, 6.07) is 16.4. The third-order valence-electron chi connectivity index (χ3n) is 4.03. The topological polar surface area (TPSA) is 48.4 Å². The number of halogens is 1. The average molecular weight is 368 g/mol. The fraction of sp³-hybridized carbons (Fsp3) is 0.143. The fourth-order valence-corrected chi connectivity index (χ4v) is 2.74. The van der Waals surface area contributed by atoms with Crippen molar-refractivity contribution in [2.24, 2.45) is 0 Å². The Kier molecular flexibility index (Phi) is 5.54. The third-order valence-corrected chi connectivity index (χ3v) is 4.28. The van der Waals surface area contributed by atoms with Gasteiger partial charge in [0.05, 0.1) is 14.2 Å². The zero-order chi connectivity index (χ0) is 18.5. The minimum atomic E-state index is -0.114. The highest BCUT2D eigenvalue weighted by Crippen LogP contribution is 2.28. The smallest absolute Gasteiger partial charge is 0.194 e. The lowest BCUT2D eigenvalue weighted by Gasteiger charge is -2.09. The molecular weight excluding hydrogens is 350 g/mol. The lowest BCUT2D eigenvalue weighted by atomic mass is 10.0. The van der Waals surface area contributed by atoms with Gasteiger partial charge in [-0.15, -0.1) is 0 Å².